The number of anilines is 1. The van der Waals surface area contributed by atoms with Crippen molar-refractivity contribution >= 4 is 34.9 Å². The molecule has 9 heteroatoms. The molecule has 2 aromatic carbocycles. The first-order valence-corrected chi connectivity index (χ1v) is 11.5. The van der Waals surface area contributed by atoms with E-state index in [0.717, 1.165) is 6.42 Å². The quantitative estimate of drug-likeness (QED) is 0.158. The molecule has 7 rings (SSSR count). The monoisotopic (exact) mass is 472 g/mol. The first-order valence-electron chi connectivity index (χ1n) is 11.5. The van der Waals surface area contributed by atoms with E-state index in [1.54, 1.807) is 0 Å². The number of non-ortho nitro benzene ring substituents is 1. The van der Waals surface area contributed by atoms with Gasteiger partial charge in [-0.2, -0.15) is 0 Å². The van der Waals surface area contributed by atoms with Crippen LogP contribution in [0.2, 0.25) is 0 Å². The third kappa shape index (κ3) is 3.30. The van der Waals surface area contributed by atoms with Gasteiger partial charge in [-0.15, -0.1) is 0 Å². The highest BCUT2D eigenvalue weighted by Crippen LogP contribution is 2.65. The van der Waals surface area contributed by atoms with Gasteiger partial charge in [-0.05, 0) is 66.5 Å². The second-order valence-electron chi connectivity index (χ2n) is 9.52. The number of esters is 1. The van der Waals surface area contributed by atoms with Crippen LogP contribution in [0.5, 0.6) is 0 Å². The summed E-state index contributed by atoms with van der Waals surface area (Å²) in [4.78, 5) is 62.4. The average molecular weight is 472 g/mol. The number of amides is 2. The van der Waals surface area contributed by atoms with Crippen molar-refractivity contribution in [2.45, 2.75) is 6.42 Å². The predicted molar refractivity (Wildman–Crippen MR) is 121 cm³/mol. The second-order valence-corrected chi connectivity index (χ2v) is 9.52. The largest absolute Gasteiger partial charge is 0.454 e. The number of rotatable bonds is 6. The van der Waals surface area contributed by atoms with Crippen LogP contribution < -0.4 is 4.90 Å². The molecule has 9 nitrogen and oxygen atoms in total. The van der Waals surface area contributed by atoms with Crippen LogP contribution in [0.15, 0.2) is 60.7 Å². The molecule has 2 aromatic rings. The van der Waals surface area contributed by atoms with E-state index < -0.39 is 23.3 Å². The van der Waals surface area contributed by atoms with Crippen molar-refractivity contribution < 1.29 is 28.8 Å². The van der Waals surface area contributed by atoms with E-state index in [0.29, 0.717) is 17.5 Å². The zero-order valence-corrected chi connectivity index (χ0v) is 18.4. The lowest BCUT2D eigenvalue weighted by Gasteiger charge is -2.37. The molecule has 0 aromatic heterocycles. The second kappa shape index (κ2) is 7.69. The number of carbonyl (C=O) groups excluding carboxylic acids is 4. The van der Waals surface area contributed by atoms with Crippen molar-refractivity contribution in [3.63, 3.8) is 0 Å². The van der Waals surface area contributed by atoms with E-state index in [4.69, 9.17) is 4.74 Å². The summed E-state index contributed by atoms with van der Waals surface area (Å²) >= 11 is 0. The molecule has 1 heterocycles. The van der Waals surface area contributed by atoms with Crippen LogP contribution in [0.25, 0.3) is 0 Å². The van der Waals surface area contributed by atoms with Crippen molar-refractivity contribution in [1.29, 1.82) is 0 Å². The Balaban J connectivity index is 1.11. The Hall–Kier alpha value is -4.14. The molecule has 2 bridgehead atoms. The minimum Gasteiger partial charge on any atom is -0.454 e. The SMILES string of the molecule is O=C(COC(=O)c1ccc(N2C(=O)[C@H]3[C@@H]4C=C[C@H]([C@H]5C[C@H]45)[C@@H]3C2=O)cc1)c1ccc([N+](=O)[O-])cc1. The molecule has 0 unspecified atom stereocenters. The molecule has 176 valence electrons. The maximum absolute atomic E-state index is 13.2. The number of imide groups is 1. The van der Waals surface area contributed by atoms with Gasteiger partial charge in [-0.25, -0.2) is 4.79 Å². The standard InChI is InChI=1S/C26H20N2O7/c29-21(13-1-7-16(8-2-13)28(33)34)12-35-26(32)14-3-5-15(6-4-14)27-24(30)22-17-9-10-18(20-11-19(17)20)23(22)25(27)31/h1-10,17-20,22-23H,11-12H2/t17-,18-,19-,20-,22+,23+/m1/s1. The van der Waals surface area contributed by atoms with Crippen LogP contribution in [-0.4, -0.2) is 35.1 Å². The van der Waals surface area contributed by atoms with Crippen LogP contribution in [0, 0.1) is 45.6 Å². The number of benzene rings is 2. The molecule has 1 aliphatic heterocycles. The summed E-state index contributed by atoms with van der Waals surface area (Å²) in [6.45, 7) is -0.525. The normalized spacial score (nSPS) is 29.5. The fourth-order valence-corrected chi connectivity index (χ4v) is 6.02. The summed E-state index contributed by atoms with van der Waals surface area (Å²) in [5.74, 6) is -0.848. The zero-order chi connectivity index (χ0) is 24.4. The van der Waals surface area contributed by atoms with Crippen molar-refractivity contribution in [3.8, 4) is 0 Å². The first kappa shape index (κ1) is 21.4. The summed E-state index contributed by atoms with van der Waals surface area (Å²) in [5.41, 5.74) is 0.631. The Labute approximate surface area is 199 Å². The summed E-state index contributed by atoms with van der Waals surface area (Å²) in [6, 6.07) is 11.0. The van der Waals surface area contributed by atoms with E-state index in [-0.39, 0.29) is 52.3 Å². The minimum absolute atomic E-state index is 0.138. The number of nitro benzene ring substituents is 1. The summed E-state index contributed by atoms with van der Waals surface area (Å²) in [5, 5.41) is 10.7. The summed E-state index contributed by atoms with van der Waals surface area (Å²) in [7, 11) is 0. The van der Waals surface area contributed by atoms with Crippen LogP contribution >= 0.6 is 0 Å². The lowest BCUT2D eigenvalue weighted by Crippen LogP contribution is -2.40. The Morgan fingerprint density at radius 3 is 1.97 bits per heavy atom. The van der Waals surface area contributed by atoms with Gasteiger partial charge < -0.3 is 4.74 Å². The maximum Gasteiger partial charge on any atom is 0.338 e. The minimum atomic E-state index is -0.734. The van der Waals surface area contributed by atoms with Crippen LogP contribution in [0.1, 0.15) is 27.1 Å². The van der Waals surface area contributed by atoms with Crippen molar-refractivity contribution in [1.82, 2.24) is 0 Å². The molecular formula is C26H20N2O7. The molecule has 0 radical (unpaired) electrons. The number of Topliss-reactive ketones (excluding diaryl/α,β-unsaturated/α-hetero) is 1. The van der Waals surface area contributed by atoms with Crippen LogP contribution in [0.3, 0.4) is 0 Å². The molecule has 4 aliphatic carbocycles. The van der Waals surface area contributed by atoms with Gasteiger partial charge in [0.2, 0.25) is 11.8 Å². The Morgan fingerprint density at radius 1 is 0.886 bits per heavy atom. The molecule has 2 amide bonds. The van der Waals surface area contributed by atoms with Gasteiger partial charge in [0.05, 0.1) is 28.0 Å². The Morgan fingerprint density at radius 2 is 1.43 bits per heavy atom. The third-order valence-electron chi connectivity index (χ3n) is 7.76. The highest BCUT2D eigenvalue weighted by atomic mass is 16.6. The maximum atomic E-state index is 13.2. The van der Waals surface area contributed by atoms with Gasteiger partial charge in [0, 0.05) is 17.7 Å². The fourth-order valence-electron chi connectivity index (χ4n) is 6.02. The predicted octanol–water partition coefficient (Wildman–Crippen LogP) is 3.19. The highest BCUT2D eigenvalue weighted by Gasteiger charge is 2.67. The molecule has 5 aliphatic rings. The molecule has 0 spiro atoms. The Bertz CT molecular complexity index is 1280. The van der Waals surface area contributed by atoms with E-state index in [9.17, 15) is 29.3 Å². The fraction of sp³-hybridized carbons (Fsp3) is 0.308. The molecule has 0 N–H and O–H groups in total. The van der Waals surface area contributed by atoms with E-state index in [1.165, 1.54) is 53.4 Å². The van der Waals surface area contributed by atoms with E-state index >= 15 is 0 Å². The highest BCUT2D eigenvalue weighted by molar-refractivity contribution is 6.22. The van der Waals surface area contributed by atoms with Crippen molar-refractivity contribution in [2.24, 2.45) is 35.5 Å². The molecule has 6 atom stereocenters. The van der Waals surface area contributed by atoms with Crippen molar-refractivity contribution in [3.05, 3.63) is 81.9 Å². The number of hydrogen-bond donors (Lipinski definition) is 0. The Kier molecular flexibility index (Phi) is 4.70. The smallest absolute Gasteiger partial charge is 0.338 e. The van der Waals surface area contributed by atoms with Gasteiger partial charge >= 0.3 is 5.97 Å². The number of ketones is 1. The lowest BCUT2D eigenvalue weighted by atomic mass is 9.63. The molecule has 1 saturated heterocycles. The molecule has 35 heavy (non-hydrogen) atoms. The van der Waals surface area contributed by atoms with E-state index in [2.05, 4.69) is 12.2 Å². The van der Waals surface area contributed by atoms with Crippen molar-refractivity contribution in [2.75, 3.05) is 11.5 Å². The van der Waals surface area contributed by atoms with Gasteiger partial charge in [-0.3, -0.25) is 29.4 Å². The number of ether oxygens (including phenoxy) is 1. The molecule has 2 saturated carbocycles. The van der Waals surface area contributed by atoms with Gasteiger partial charge in [0.15, 0.2) is 12.4 Å². The molecule has 3 fully saturated rings. The average Bonchev–Trinajstić information content (AvgIpc) is 3.65. The summed E-state index contributed by atoms with van der Waals surface area (Å²) < 4.78 is 5.08. The van der Waals surface area contributed by atoms with Gasteiger partial charge in [-0.1, -0.05) is 12.2 Å². The molecular weight excluding hydrogens is 452 g/mol. The van der Waals surface area contributed by atoms with Gasteiger partial charge in [0.25, 0.3) is 5.69 Å². The van der Waals surface area contributed by atoms with Crippen LogP contribution in [-0.2, 0) is 14.3 Å². The number of nitrogens with zero attached hydrogens (tertiary/aromatic N) is 2. The third-order valence-corrected chi connectivity index (χ3v) is 7.76. The number of hydrogen-bond acceptors (Lipinski definition) is 7. The number of allylic oxidation sites excluding steroid dienone is 2. The van der Waals surface area contributed by atoms with Gasteiger partial charge in [0.1, 0.15) is 0 Å². The lowest BCUT2D eigenvalue weighted by molar-refractivity contribution is -0.384. The number of nitro groups is 1. The number of carbonyl (C=O) groups is 4. The summed E-state index contributed by atoms with van der Waals surface area (Å²) in [6.07, 6.45) is 5.33. The topological polar surface area (TPSA) is 124 Å². The van der Waals surface area contributed by atoms with E-state index in [1.807, 2.05) is 0 Å². The first-order chi connectivity index (χ1) is 16.8. The zero-order valence-electron chi connectivity index (χ0n) is 18.4. The van der Waals surface area contributed by atoms with Crippen LogP contribution in [0.4, 0.5) is 11.4 Å².